The van der Waals surface area contributed by atoms with E-state index in [1.165, 1.54) is 9.40 Å². The molecule has 0 spiro atoms. The average Bonchev–Trinajstić information content (AvgIpc) is 2.89. The lowest BCUT2D eigenvalue weighted by Crippen LogP contribution is -2.11. The van der Waals surface area contributed by atoms with Crippen LogP contribution in [0.25, 0.3) is 9.40 Å². The zero-order valence-corrected chi connectivity index (χ0v) is 9.96. The predicted molar refractivity (Wildman–Crippen MR) is 67.8 cm³/mol. The van der Waals surface area contributed by atoms with Gasteiger partial charge in [0.2, 0.25) is 0 Å². The van der Waals surface area contributed by atoms with Crippen LogP contribution in [0, 0.1) is 0 Å². The Morgan fingerprint density at radius 3 is 2.94 bits per heavy atom. The molecule has 3 rings (SSSR count). The van der Waals surface area contributed by atoms with Gasteiger partial charge in [-0.2, -0.15) is 0 Å². The number of hydrogen-bond donors (Lipinski definition) is 1. The summed E-state index contributed by atoms with van der Waals surface area (Å²) in [5.74, 6) is 0. The summed E-state index contributed by atoms with van der Waals surface area (Å²) in [6.45, 7) is 0. The number of aromatic nitrogens is 2. The van der Waals surface area contributed by atoms with Crippen LogP contribution in [0.15, 0.2) is 36.1 Å². The van der Waals surface area contributed by atoms with E-state index in [1.807, 2.05) is 0 Å². The Morgan fingerprint density at radius 2 is 2.19 bits per heavy atom. The molecule has 3 aromatic rings. The van der Waals surface area contributed by atoms with Gasteiger partial charge in [0.25, 0.3) is 0 Å². The third-order valence-electron chi connectivity index (χ3n) is 2.37. The summed E-state index contributed by atoms with van der Waals surface area (Å²) in [6, 6.07) is 4.10. The molecule has 3 heterocycles. The van der Waals surface area contributed by atoms with E-state index in [2.05, 4.69) is 27.5 Å². The van der Waals surface area contributed by atoms with Gasteiger partial charge in [0.1, 0.15) is 0 Å². The Labute approximate surface area is 101 Å². The normalized spacial score (nSPS) is 13.1. The summed E-state index contributed by atoms with van der Waals surface area (Å²) in [6.07, 6.45) is 5.05. The van der Waals surface area contributed by atoms with E-state index in [4.69, 9.17) is 5.73 Å². The maximum absolute atomic E-state index is 6.15. The lowest BCUT2D eigenvalue weighted by molar-refractivity contribution is 0.835. The van der Waals surface area contributed by atoms with E-state index < -0.39 is 0 Å². The third-order valence-corrected chi connectivity index (χ3v) is 4.54. The standard InChI is InChI=1S/C11H9N3S2/c12-11(7-6-13-2-3-14-7)10-5-9-8(16-10)1-4-15-9/h1-6,11H,12H2. The number of thiophene rings is 2. The third kappa shape index (κ3) is 1.63. The zero-order chi connectivity index (χ0) is 11.0. The minimum atomic E-state index is -0.168. The molecule has 0 aliphatic carbocycles. The van der Waals surface area contributed by atoms with Gasteiger partial charge in [0.15, 0.2) is 0 Å². The van der Waals surface area contributed by atoms with Crippen molar-refractivity contribution in [2.24, 2.45) is 5.73 Å². The van der Waals surface area contributed by atoms with E-state index in [1.54, 1.807) is 41.3 Å². The van der Waals surface area contributed by atoms with E-state index in [0.29, 0.717) is 0 Å². The second kappa shape index (κ2) is 3.93. The molecule has 0 fully saturated rings. The first kappa shape index (κ1) is 9.89. The van der Waals surface area contributed by atoms with Gasteiger partial charge in [0.05, 0.1) is 17.9 Å². The maximum Gasteiger partial charge on any atom is 0.0836 e. The largest absolute Gasteiger partial charge is 0.318 e. The fourth-order valence-electron chi connectivity index (χ4n) is 1.55. The highest BCUT2D eigenvalue weighted by molar-refractivity contribution is 7.26. The summed E-state index contributed by atoms with van der Waals surface area (Å²) < 4.78 is 2.58. The lowest BCUT2D eigenvalue weighted by atomic mass is 10.2. The Balaban J connectivity index is 2.01. The van der Waals surface area contributed by atoms with Crippen LogP contribution < -0.4 is 5.73 Å². The highest BCUT2D eigenvalue weighted by Gasteiger charge is 2.13. The van der Waals surface area contributed by atoms with E-state index in [0.717, 1.165) is 10.6 Å². The Morgan fingerprint density at radius 1 is 1.25 bits per heavy atom. The maximum atomic E-state index is 6.15. The fraction of sp³-hybridized carbons (Fsp3) is 0.0909. The molecule has 0 aromatic carbocycles. The van der Waals surface area contributed by atoms with Gasteiger partial charge in [-0.05, 0) is 17.5 Å². The van der Waals surface area contributed by atoms with Crippen molar-refractivity contribution in [1.29, 1.82) is 0 Å². The molecule has 0 radical (unpaired) electrons. The van der Waals surface area contributed by atoms with Gasteiger partial charge in [-0.15, -0.1) is 22.7 Å². The molecule has 3 nitrogen and oxygen atoms in total. The zero-order valence-electron chi connectivity index (χ0n) is 8.33. The van der Waals surface area contributed by atoms with Crippen molar-refractivity contribution in [2.75, 3.05) is 0 Å². The SMILES string of the molecule is NC(c1cnccn1)c1cc2sccc2s1. The second-order valence-corrected chi connectivity index (χ2v) is 5.47. The molecule has 0 aliphatic heterocycles. The van der Waals surface area contributed by atoms with Gasteiger partial charge in [-0.3, -0.25) is 9.97 Å². The second-order valence-electron chi connectivity index (χ2n) is 3.41. The summed E-state index contributed by atoms with van der Waals surface area (Å²) in [7, 11) is 0. The van der Waals surface area contributed by atoms with Crippen LogP contribution in [0.4, 0.5) is 0 Å². The molecule has 0 amide bonds. The molecule has 1 unspecified atom stereocenters. The van der Waals surface area contributed by atoms with Crippen molar-refractivity contribution in [1.82, 2.24) is 9.97 Å². The highest BCUT2D eigenvalue weighted by atomic mass is 32.1. The van der Waals surface area contributed by atoms with Crippen LogP contribution >= 0.6 is 22.7 Å². The summed E-state index contributed by atoms with van der Waals surface area (Å²) in [4.78, 5) is 9.41. The first-order valence-corrected chi connectivity index (χ1v) is 6.52. The van der Waals surface area contributed by atoms with Crippen molar-refractivity contribution < 1.29 is 0 Å². The average molecular weight is 247 g/mol. The molecule has 80 valence electrons. The van der Waals surface area contributed by atoms with Crippen molar-refractivity contribution in [2.45, 2.75) is 6.04 Å². The Hall–Kier alpha value is -1.30. The van der Waals surface area contributed by atoms with Gasteiger partial charge in [-0.1, -0.05) is 0 Å². The van der Waals surface area contributed by atoms with Crippen molar-refractivity contribution in [3.8, 4) is 0 Å². The van der Waals surface area contributed by atoms with Gasteiger partial charge in [-0.25, -0.2) is 0 Å². The minimum absolute atomic E-state index is 0.168. The Kier molecular flexibility index (Phi) is 2.43. The molecule has 2 N–H and O–H groups in total. The first-order chi connectivity index (χ1) is 7.84. The lowest BCUT2D eigenvalue weighted by Gasteiger charge is -2.06. The predicted octanol–water partition coefficient (Wildman–Crippen LogP) is 2.80. The summed E-state index contributed by atoms with van der Waals surface area (Å²) in [5.41, 5.74) is 6.97. The monoisotopic (exact) mass is 247 g/mol. The number of nitrogens with two attached hydrogens (primary N) is 1. The van der Waals surface area contributed by atoms with Gasteiger partial charge >= 0.3 is 0 Å². The number of hydrogen-bond acceptors (Lipinski definition) is 5. The quantitative estimate of drug-likeness (QED) is 0.757. The fourth-order valence-corrected chi connectivity index (χ4v) is 3.69. The van der Waals surface area contributed by atoms with Crippen molar-refractivity contribution in [3.05, 3.63) is 46.7 Å². The topological polar surface area (TPSA) is 51.8 Å². The van der Waals surface area contributed by atoms with Crippen LogP contribution in [-0.4, -0.2) is 9.97 Å². The number of fused-ring (bicyclic) bond motifs is 1. The Bertz CT molecular complexity index is 571. The highest BCUT2D eigenvalue weighted by Crippen LogP contribution is 2.34. The molecule has 0 bridgehead atoms. The smallest absolute Gasteiger partial charge is 0.0836 e. The first-order valence-electron chi connectivity index (χ1n) is 4.83. The van der Waals surface area contributed by atoms with Gasteiger partial charge < -0.3 is 5.73 Å². The van der Waals surface area contributed by atoms with Crippen LogP contribution in [0.5, 0.6) is 0 Å². The molecule has 0 saturated carbocycles. The molecule has 1 atom stereocenters. The van der Waals surface area contributed by atoms with Gasteiger partial charge in [0, 0.05) is 26.7 Å². The molecular formula is C11H9N3S2. The summed E-state index contributed by atoms with van der Waals surface area (Å²) >= 11 is 3.46. The van der Waals surface area contributed by atoms with Crippen LogP contribution in [-0.2, 0) is 0 Å². The molecule has 5 heteroatoms. The number of rotatable bonds is 2. The molecule has 16 heavy (non-hydrogen) atoms. The minimum Gasteiger partial charge on any atom is -0.318 e. The summed E-state index contributed by atoms with van der Waals surface area (Å²) in [5, 5.41) is 2.10. The van der Waals surface area contributed by atoms with Crippen LogP contribution in [0.2, 0.25) is 0 Å². The van der Waals surface area contributed by atoms with E-state index >= 15 is 0 Å². The van der Waals surface area contributed by atoms with Crippen LogP contribution in [0.3, 0.4) is 0 Å². The number of nitrogens with zero attached hydrogens (tertiary/aromatic N) is 2. The molecular weight excluding hydrogens is 238 g/mol. The van der Waals surface area contributed by atoms with E-state index in [9.17, 15) is 0 Å². The molecule has 3 aromatic heterocycles. The van der Waals surface area contributed by atoms with Crippen LogP contribution in [0.1, 0.15) is 16.6 Å². The van der Waals surface area contributed by atoms with E-state index in [-0.39, 0.29) is 6.04 Å². The van der Waals surface area contributed by atoms with Crippen molar-refractivity contribution >= 4 is 32.1 Å². The van der Waals surface area contributed by atoms with Crippen molar-refractivity contribution in [3.63, 3.8) is 0 Å². The molecule has 0 aliphatic rings. The molecule has 0 saturated heterocycles.